The quantitative estimate of drug-likeness (QED) is 0.706. The van der Waals surface area contributed by atoms with Gasteiger partial charge in [-0.25, -0.2) is 4.98 Å². The van der Waals surface area contributed by atoms with Gasteiger partial charge in [0.15, 0.2) is 0 Å². The zero-order valence-corrected chi connectivity index (χ0v) is 15.0. The number of nitrogens with one attached hydrogen (secondary N) is 1. The number of hydrogen-bond acceptors (Lipinski definition) is 4. The molecular formula is C20H15ClN4O2. The summed E-state index contributed by atoms with van der Waals surface area (Å²) in [6.07, 6.45) is 2.27. The van der Waals surface area contributed by atoms with Crippen molar-refractivity contribution in [2.75, 3.05) is 4.90 Å². The Bertz CT molecular complexity index is 1050. The Balaban J connectivity index is 0.00000210. The molecule has 0 spiro atoms. The molecule has 0 aliphatic carbocycles. The summed E-state index contributed by atoms with van der Waals surface area (Å²) in [5, 5.41) is 8.84. The first-order chi connectivity index (χ1) is 12.7. The number of imidazole rings is 1. The van der Waals surface area contributed by atoms with Gasteiger partial charge in [0.25, 0.3) is 11.7 Å². The largest absolute Gasteiger partial charge is 0.344 e. The van der Waals surface area contributed by atoms with E-state index in [0.717, 1.165) is 17.1 Å². The number of carbonyl (C=O) groups excluding carboxylic acids is 2. The zero-order valence-electron chi connectivity index (χ0n) is 14.2. The van der Waals surface area contributed by atoms with E-state index in [1.165, 1.54) is 4.90 Å². The Morgan fingerprint density at radius 2 is 1.81 bits per heavy atom. The lowest BCUT2D eigenvalue weighted by atomic mass is 10.1. The Hall–Kier alpha value is -3.43. The van der Waals surface area contributed by atoms with Gasteiger partial charge in [0.05, 0.1) is 41.3 Å². The van der Waals surface area contributed by atoms with E-state index in [1.807, 2.05) is 12.1 Å². The number of Topliss-reactive ketones (excluding diaryl/α,β-unsaturated/α-hetero) is 1. The SMILES string of the molecule is Cl.N#Cc1ccc(Cc2ncc(CN3C(=O)C(=O)c4ccccc43)[nH]2)cc1. The fourth-order valence-electron chi connectivity index (χ4n) is 3.04. The number of nitrogens with zero attached hydrogens (tertiary/aromatic N) is 3. The second kappa shape index (κ2) is 7.44. The molecule has 0 atom stereocenters. The summed E-state index contributed by atoms with van der Waals surface area (Å²) in [6, 6.07) is 16.4. The summed E-state index contributed by atoms with van der Waals surface area (Å²) in [7, 11) is 0. The Labute approximate surface area is 161 Å². The molecule has 0 saturated carbocycles. The van der Waals surface area contributed by atoms with Crippen molar-refractivity contribution in [2.45, 2.75) is 13.0 Å². The van der Waals surface area contributed by atoms with Gasteiger partial charge in [-0.2, -0.15) is 5.26 Å². The van der Waals surface area contributed by atoms with Gasteiger partial charge >= 0.3 is 0 Å². The number of aromatic amines is 1. The second-order valence-electron chi connectivity index (χ2n) is 6.08. The molecule has 0 radical (unpaired) electrons. The van der Waals surface area contributed by atoms with Gasteiger partial charge in [-0.1, -0.05) is 24.3 Å². The van der Waals surface area contributed by atoms with Crippen LogP contribution in [-0.4, -0.2) is 21.7 Å². The number of hydrogen-bond donors (Lipinski definition) is 1. The van der Waals surface area contributed by atoms with Crippen LogP contribution in [0, 0.1) is 11.3 Å². The van der Waals surface area contributed by atoms with Gasteiger partial charge in [-0.15, -0.1) is 12.4 Å². The highest BCUT2D eigenvalue weighted by atomic mass is 35.5. The molecule has 6 nitrogen and oxygen atoms in total. The number of benzene rings is 2. The standard InChI is InChI=1S/C20H14N4O2.ClH/c21-10-14-7-5-13(6-8-14)9-18-22-11-15(23-18)12-24-17-4-2-1-3-16(17)19(25)20(24)26;/h1-8,11H,9,12H2,(H,22,23);1H. The highest BCUT2D eigenvalue weighted by molar-refractivity contribution is 6.52. The van der Waals surface area contributed by atoms with Gasteiger partial charge in [0.2, 0.25) is 0 Å². The Morgan fingerprint density at radius 1 is 1.07 bits per heavy atom. The number of H-pyrrole nitrogens is 1. The first kappa shape index (κ1) is 18.4. The molecule has 1 aromatic heterocycles. The third-order valence-electron chi connectivity index (χ3n) is 4.34. The highest BCUT2D eigenvalue weighted by Crippen LogP contribution is 2.29. The summed E-state index contributed by atoms with van der Waals surface area (Å²) in [5.41, 5.74) is 3.47. The van der Waals surface area contributed by atoms with Crippen molar-refractivity contribution in [1.82, 2.24) is 9.97 Å². The smallest absolute Gasteiger partial charge is 0.299 e. The molecule has 0 unspecified atom stereocenters. The van der Waals surface area contributed by atoms with E-state index in [1.54, 1.807) is 42.6 Å². The van der Waals surface area contributed by atoms with Gasteiger partial charge < -0.3 is 4.98 Å². The van der Waals surface area contributed by atoms with Gasteiger partial charge in [-0.3, -0.25) is 14.5 Å². The lowest BCUT2D eigenvalue weighted by molar-refractivity contribution is -0.114. The van der Waals surface area contributed by atoms with E-state index >= 15 is 0 Å². The monoisotopic (exact) mass is 378 g/mol. The fourth-order valence-corrected chi connectivity index (χ4v) is 3.04. The molecule has 4 rings (SSSR count). The minimum absolute atomic E-state index is 0. The number of aromatic nitrogens is 2. The average Bonchev–Trinajstić information content (AvgIpc) is 3.21. The molecule has 1 amide bonds. The number of amides is 1. The van der Waals surface area contributed by atoms with Crippen molar-refractivity contribution in [2.24, 2.45) is 0 Å². The molecule has 27 heavy (non-hydrogen) atoms. The van der Waals surface area contributed by atoms with Gasteiger partial charge in [0.1, 0.15) is 5.82 Å². The molecule has 1 aliphatic rings. The number of fused-ring (bicyclic) bond motifs is 1. The second-order valence-corrected chi connectivity index (χ2v) is 6.08. The van der Waals surface area contributed by atoms with Crippen LogP contribution in [0.4, 0.5) is 5.69 Å². The van der Waals surface area contributed by atoms with Crippen molar-refractivity contribution < 1.29 is 9.59 Å². The van der Waals surface area contributed by atoms with Crippen LogP contribution in [0.25, 0.3) is 0 Å². The van der Waals surface area contributed by atoms with Crippen LogP contribution < -0.4 is 4.90 Å². The molecule has 1 aliphatic heterocycles. The maximum atomic E-state index is 12.2. The number of halogens is 1. The molecule has 7 heteroatoms. The van der Waals surface area contributed by atoms with E-state index in [-0.39, 0.29) is 19.0 Å². The van der Waals surface area contributed by atoms with Crippen LogP contribution in [0.2, 0.25) is 0 Å². The normalized spacial score (nSPS) is 12.5. The lowest BCUT2D eigenvalue weighted by Crippen LogP contribution is -2.29. The van der Waals surface area contributed by atoms with Crippen molar-refractivity contribution >= 4 is 29.8 Å². The predicted molar refractivity (Wildman–Crippen MR) is 102 cm³/mol. The summed E-state index contributed by atoms with van der Waals surface area (Å²) < 4.78 is 0. The third-order valence-corrected chi connectivity index (χ3v) is 4.34. The van der Waals surface area contributed by atoms with Crippen molar-refractivity contribution in [1.29, 1.82) is 5.26 Å². The molecule has 3 aromatic rings. The van der Waals surface area contributed by atoms with Crippen LogP contribution in [0.1, 0.15) is 33.0 Å². The topological polar surface area (TPSA) is 89.8 Å². The first-order valence-corrected chi connectivity index (χ1v) is 8.13. The van der Waals surface area contributed by atoms with Crippen LogP contribution in [0.15, 0.2) is 54.7 Å². The molecule has 0 fully saturated rings. The number of ketones is 1. The number of carbonyl (C=O) groups is 2. The minimum atomic E-state index is -0.519. The zero-order chi connectivity index (χ0) is 18.1. The molecule has 1 N–H and O–H groups in total. The number of anilines is 1. The molecule has 134 valence electrons. The average molecular weight is 379 g/mol. The first-order valence-electron chi connectivity index (χ1n) is 8.13. The summed E-state index contributed by atoms with van der Waals surface area (Å²) >= 11 is 0. The van der Waals surface area contributed by atoms with E-state index in [9.17, 15) is 9.59 Å². The minimum Gasteiger partial charge on any atom is -0.344 e. The van der Waals surface area contributed by atoms with Crippen LogP contribution in [0.3, 0.4) is 0 Å². The Kier molecular flexibility index (Phi) is 5.06. The lowest BCUT2D eigenvalue weighted by Gasteiger charge is -2.14. The van der Waals surface area contributed by atoms with Crippen molar-refractivity contribution in [3.05, 3.63) is 82.9 Å². The van der Waals surface area contributed by atoms with E-state index < -0.39 is 11.7 Å². The highest BCUT2D eigenvalue weighted by Gasteiger charge is 2.35. The summed E-state index contributed by atoms with van der Waals surface area (Å²) in [6.45, 7) is 0.266. The number of nitriles is 1. The fraction of sp³-hybridized carbons (Fsp3) is 0.100. The number of rotatable bonds is 4. The maximum Gasteiger partial charge on any atom is 0.299 e. The molecule has 2 heterocycles. The third kappa shape index (κ3) is 3.46. The molecule has 2 aromatic carbocycles. The molecule has 0 saturated heterocycles. The van der Waals surface area contributed by atoms with Crippen LogP contribution >= 0.6 is 12.4 Å². The summed E-state index contributed by atoms with van der Waals surface area (Å²) in [4.78, 5) is 33.3. The van der Waals surface area contributed by atoms with E-state index in [4.69, 9.17) is 5.26 Å². The molecule has 0 bridgehead atoms. The van der Waals surface area contributed by atoms with Crippen LogP contribution in [0.5, 0.6) is 0 Å². The number of para-hydroxylation sites is 1. The van der Waals surface area contributed by atoms with E-state index in [0.29, 0.717) is 23.2 Å². The van der Waals surface area contributed by atoms with Gasteiger partial charge in [0, 0.05) is 6.42 Å². The van der Waals surface area contributed by atoms with Gasteiger partial charge in [-0.05, 0) is 29.8 Å². The van der Waals surface area contributed by atoms with Crippen molar-refractivity contribution in [3.63, 3.8) is 0 Å². The maximum absolute atomic E-state index is 12.2. The summed E-state index contributed by atoms with van der Waals surface area (Å²) in [5.74, 6) is -0.233. The predicted octanol–water partition coefficient (Wildman–Crippen LogP) is 3.02. The van der Waals surface area contributed by atoms with E-state index in [2.05, 4.69) is 16.0 Å². The molecular weight excluding hydrogens is 364 g/mol. The van der Waals surface area contributed by atoms with Crippen LogP contribution in [-0.2, 0) is 17.8 Å². The van der Waals surface area contributed by atoms with Crippen molar-refractivity contribution in [3.8, 4) is 6.07 Å². The Morgan fingerprint density at radius 3 is 2.56 bits per heavy atom.